The SMILES string of the molecule is C=C.CNC1CC(C)(C)NC(C)(C)C1.CNCCCNCCCN.CO[Si](C)(C)COC1CC(C)(C)NC(C)(C)C1.Cc1nc(C)nc(N(CCN2CC(C)(C)NC(C)(C)C2=O)C2CCCCC2)n1. The van der Waals surface area contributed by atoms with Gasteiger partial charge in [-0.2, -0.15) is 9.97 Å². The number of carbonyl (C=O) groups excluding carboxylic acids is 1. The van der Waals surface area contributed by atoms with E-state index in [2.05, 4.69) is 154 Å². The molecule has 1 amide bonds. The van der Waals surface area contributed by atoms with E-state index in [1.807, 2.05) is 39.6 Å². The number of carbonyl (C=O) groups is 1. The Labute approximate surface area is 425 Å². The Kier molecular flexibility index (Phi) is 27.8. The third kappa shape index (κ3) is 25.9. The number of hydrogen-bond donors (Lipinski definition) is 7. The van der Waals surface area contributed by atoms with E-state index in [0.29, 0.717) is 31.3 Å². The molecular formula is C53H110N12O3Si. The standard InChI is InChI=1S/C21H36N6O.C13H29NO2Si.C10H22N2.C7H19N3.C2H4/c1-15-22-16(2)24-19(23-15)27(17-10-8-7-9-11-17)13-12-26-14-20(3,4)25-21(5,6)18(26)28;1-12(2)8-11(9-13(3,4)14-12)16-10-17(6,7)15-5;1-9(2)6-8(11-5)7-10(3,4)12-9;1-9-5-3-7-10-6-2-4-8;1-2/h17,25H,7-14H2,1-6H3;11,14H,8-10H2,1-7H3;8,11-12H,6-7H2,1-5H3;9-10H,2-8H2,1H3;1-2H2. The van der Waals surface area contributed by atoms with Crippen molar-refractivity contribution in [3.8, 4) is 0 Å². The summed E-state index contributed by atoms with van der Waals surface area (Å²) in [5, 5.41) is 20.6. The van der Waals surface area contributed by atoms with E-state index >= 15 is 0 Å². The molecule has 1 aliphatic carbocycles. The van der Waals surface area contributed by atoms with Gasteiger partial charge in [0.05, 0.1) is 17.9 Å². The van der Waals surface area contributed by atoms with Crippen LogP contribution in [0.3, 0.4) is 0 Å². The van der Waals surface area contributed by atoms with Gasteiger partial charge in [0.2, 0.25) is 20.2 Å². The fraction of sp³-hybridized carbons (Fsp3) is 0.887. The van der Waals surface area contributed by atoms with Crippen LogP contribution in [-0.4, -0.2) is 159 Å². The smallest absolute Gasteiger partial charge is 0.242 e. The lowest BCUT2D eigenvalue weighted by Crippen LogP contribution is -2.70. The predicted octanol–water partition coefficient (Wildman–Crippen LogP) is 7.17. The molecule has 3 aliphatic heterocycles. The van der Waals surface area contributed by atoms with Crippen LogP contribution in [0.5, 0.6) is 0 Å². The molecule has 0 bridgehead atoms. The van der Waals surface area contributed by atoms with E-state index in [4.69, 9.17) is 14.9 Å². The second-order valence-corrected chi connectivity index (χ2v) is 28.6. The van der Waals surface area contributed by atoms with Crippen molar-refractivity contribution in [3.05, 3.63) is 24.8 Å². The van der Waals surface area contributed by atoms with Crippen molar-refractivity contribution >= 4 is 20.2 Å². The lowest BCUT2D eigenvalue weighted by Gasteiger charge is -2.48. The first-order valence-electron chi connectivity index (χ1n) is 26.4. The zero-order chi connectivity index (χ0) is 52.9. The molecule has 0 unspecified atom stereocenters. The number of nitrogens with zero attached hydrogens (tertiary/aromatic N) is 5. The largest absolute Gasteiger partial charge is 0.418 e. The van der Waals surface area contributed by atoms with Gasteiger partial charge in [0, 0.05) is 66.5 Å². The normalized spacial score (nSPS) is 21.7. The van der Waals surface area contributed by atoms with Gasteiger partial charge in [0.25, 0.3) is 0 Å². The van der Waals surface area contributed by atoms with Crippen LogP contribution < -0.4 is 42.5 Å². The Balaban J connectivity index is 0.000000496. The number of aromatic nitrogens is 3. The molecule has 404 valence electrons. The molecule has 16 heteroatoms. The Hall–Kier alpha value is -2.12. The highest BCUT2D eigenvalue weighted by Gasteiger charge is 2.44. The summed E-state index contributed by atoms with van der Waals surface area (Å²) in [6.07, 6.45) is 14.1. The summed E-state index contributed by atoms with van der Waals surface area (Å²) in [5.41, 5.74) is 5.53. The van der Waals surface area contributed by atoms with Gasteiger partial charge in [-0.3, -0.25) is 10.1 Å². The number of piperidine rings is 2. The van der Waals surface area contributed by atoms with Gasteiger partial charge in [0.1, 0.15) is 11.6 Å². The van der Waals surface area contributed by atoms with E-state index in [1.54, 1.807) is 7.11 Å². The van der Waals surface area contributed by atoms with Gasteiger partial charge in [-0.05, 0) is 202 Å². The molecule has 0 radical (unpaired) electrons. The van der Waals surface area contributed by atoms with Crippen molar-refractivity contribution in [1.29, 1.82) is 0 Å². The third-order valence-electron chi connectivity index (χ3n) is 13.1. The minimum absolute atomic E-state index is 0.104. The van der Waals surface area contributed by atoms with E-state index in [1.165, 1.54) is 38.5 Å². The summed E-state index contributed by atoms with van der Waals surface area (Å²) < 4.78 is 11.6. The first-order valence-corrected chi connectivity index (χ1v) is 29.5. The lowest BCUT2D eigenvalue weighted by atomic mass is 9.80. The second-order valence-electron chi connectivity index (χ2n) is 24.4. The summed E-state index contributed by atoms with van der Waals surface area (Å²) in [4.78, 5) is 30.9. The topological polar surface area (TPSA) is 179 Å². The second kappa shape index (κ2) is 29.5. The van der Waals surface area contributed by atoms with Crippen molar-refractivity contribution in [2.75, 3.05) is 78.1 Å². The number of nitrogens with two attached hydrogens (primary N) is 1. The molecular weight excluding hydrogens is 881 g/mol. The Morgan fingerprint density at radius 1 is 0.754 bits per heavy atom. The van der Waals surface area contributed by atoms with Crippen LogP contribution in [0.1, 0.15) is 165 Å². The molecule has 3 saturated heterocycles. The highest BCUT2D eigenvalue weighted by atomic mass is 28.4. The molecule has 4 heterocycles. The van der Waals surface area contributed by atoms with Crippen LogP contribution in [0.25, 0.3) is 0 Å². The quantitative estimate of drug-likeness (QED) is 0.0475. The zero-order valence-corrected chi connectivity index (χ0v) is 49.1. The van der Waals surface area contributed by atoms with Crippen molar-refractivity contribution < 1.29 is 14.0 Å². The lowest BCUT2D eigenvalue weighted by molar-refractivity contribution is -0.143. The molecule has 0 aromatic carbocycles. The van der Waals surface area contributed by atoms with Gasteiger partial charge in [-0.25, -0.2) is 4.98 Å². The molecule has 0 spiro atoms. The first kappa shape index (κ1) is 64.9. The monoisotopic (exact) mass is 991 g/mol. The number of piperazine rings is 1. The highest BCUT2D eigenvalue weighted by molar-refractivity contribution is 6.71. The van der Waals surface area contributed by atoms with Crippen molar-refractivity contribution in [2.24, 2.45) is 5.73 Å². The summed E-state index contributed by atoms with van der Waals surface area (Å²) in [7, 11) is 4.23. The Bertz CT molecular complexity index is 1540. The predicted molar refractivity (Wildman–Crippen MR) is 296 cm³/mol. The maximum atomic E-state index is 13.0. The molecule has 4 fully saturated rings. The van der Waals surface area contributed by atoms with Crippen molar-refractivity contribution in [2.45, 2.75) is 232 Å². The number of anilines is 1. The number of aryl methyl sites for hydroxylation is 2. The average Bonchev–Trinajstić information content (AvgIpc) is 3.22. The summed E-state index contributed by atoms with van der Waals surface area (Å²) in [6, 6.07) is 1.10. The fourth-order valence-corrected chi connectivity index (χ4v) is 11.6. The van der Waals surface area contributed by atoms with E-state index in [0.717, 1.165) is 88.7 Å². The molecule has 5 rings (SSSR count). The van der Waals surface area contributed by atoms with Gasteiger partial charge in [-0.15, -0.1) is 13.2 Å². The molecule has 1 saturated carbocycles. The minimum Gasteiger partial charge on any atom is -0.418 e. The van der Waals surface area contributed by atoms with Crippen LogP contribution in [0.15, 0.2) is 13.2 Å². The Morgan fingerprint density at radius 3 is 1.74 bits per heavy atom. The first-order chi connectivity index (χ1) is 31.9. The Morgan fingerprint density at radius 2 is 1.26 bits per heavy atom. The van der Waals surface area contributed by atoms with Gasteiger partial charge in [-0.1, -0.05) is 19.3 Å². The van der Waals surface area contributed by atoms with Crippen LogP contribution in [-0.2, 0) is 14.0 Å². The maximum Gasteiger partial charge on any atom is 0.242 e. The number of rotatable bonds is 17. The van der Waals surface area contributed by atoms with Gasteiger partial charge >= 0.3 is 0 Å². The van der Waals surface area contributed by atoms with Crippen molar-refractivity contribution in [3.63, 3.8) is 0 Å². The zero-order valence-electron chi connectivity index (χ0n) is 48.1. The summed E-state index contributed by atoms with van der Waals surface area (Å²) >= 11 is 0. The molecule has 1 aromatic heterocycles. The molecule has 15 nitrogen and oxygen atoms in total. The summed E-state index contributed by atoms with van der Waals surface area (Å²) in [5.74, 6) is 2.43. The average molecular weight is 992 g/mol. The van der Waals surface area contributed by atoms with E-state index in [9.17, 15) is 4.79 Å². The molecule has 69 heavy (non-hydrogen) atoms. The van der Waals surface area contributed by atoms with E-state index < -0.39 is 13.9 Å². The number of hydrogen-bond acceptors (Lipinski definition) is 14. The van der Waals surface area contributed by atoms with Crippen LogP contribution in [0.4, 0.5) is 5.95 Å². The van der Waals surface area contributed by atoms with E-state index in [-0.39, 0.29) is 33.6 Å². The molecule has 0 atom stereocenters. The number of amides is 1. The fourth-order valence-electron chi connectivity index (χ4n) is 10.9. The summed E-state index contributed by atoms with van der Waals surface area (Å²) in [6.45, 7) is 46.8. The van der Waals surface area contributed by atoms with Crippen LogP contribution >= 0.6 is 0 Å². The highest BCUT2D eigenvalue weighted by Crippen LogP contribution is 2.32. The van der Waals surface area contributed by atoms with Gasteiger partial charge in [0.15, 0.2) is 0 Å². The number of nitrogens with one attached hydrogen (secondary N) is 6. The number of ether oxygens (including phenoxy) is 1. The van der Waals surface area contributed by atoms with Crippen LogP contribution in [0, 0.1) is 13.8 Å². The molecule has 8 N–H and O–H groups in total. The minimum atomic E-state index is -1.60. The van der Waals surface area contributed by atoms with Crippen LogP contribution in [0.2, 0.25) is 13.1 Å². The van der Waals surface area contributed by atoms with Crippen molar-refractivity contribution in [1.82, 2.24) is 51.8 Å². The third-order valence-corrected chi connectivity index (χ3v) is 15.1. The molecule has 1 aromatic rings. The molecule has 4 aliphatic rings. The maximum absolute atomic E-state index is 13.0. The van der Waals surface area contributed by atoms with Gasteiger partial charge < -0.3 is 51.3 Å².